The Labute approximate surface area is 100.0 Å². The van der Waals surface area contributed by atoms with Gasteiger partial charge >= 0.3 is 0 Å². The highest BCUT2D eigenvalue weighted by Crippen LogP contribution is 2.27. The zero-order chi connectivity index (χ0) is 9.68. The number of hydrogen-bond donors (Lipinski definition) is 0. The summed E-state index contributed by atoms with van der Waals surface area (Å²) in [6.45, 7) is 0. The quantitative estimate of drug-likeness (QED) is 0.612. The molecule has 0 amide bonds. The fraction of sp³-hybridized carbons (Fsp3) is 0.444. The van der Waals surface area contributed by atoms with Gasteiger partial charge in [0.15, 0.2) is 0 Å². The van der Waals surface area contributed by atoms with Crippen molar-refractivity contribution in [3.8, 4) is 0 Å². The zero-order valence-corrected chi connectivity index (χ0v) is 11.3. The molecule has 13 heavy (non-hydrogen) atoms. The van der Waals surface area contributed by atoms with Crippen LogP contribution in [0, 0.1) is 0 Å². The van der Waals surface area contributed by atoms with Gasteiger partial charge in [0.05, 0.1) is 0 Å². The SMILES string of the molecule is CSCCC(Br)c1ccc(Br)nc1. The largest absolute Gasteiger partial charge is 0.249 e. The van der Waals surface area contributed by atoms with Gasteiger partial charge in [0, 0.05) is 11.0 Å². The Morgan fingerprint density at radius 2 is 2.31 bits per heavy atom. The second-order valence-corrected chi connectivity index (χ2v) is 5.57. The van der Waals surface area contributed by atoms with E-state index in [2.05, 4.69) is 49.2 Å². The normalized spacial score (nSPS) is 12.8. The molecular formula is C9H11Br2NS. The minimum Gasteiger partial charge on any atom is -0.249 e. The Morgan fingerprint density at radius 1 is 1.54 bits per heavy atom. The summed E-state index contributed by atoms with van der Waals surface area (Å²) in [5, 5.41) is 0. The predicted molar refractivity (Wildman–Crippen MR) is 66.6 cm³/mol. The third-order valence-electron chi connectivity index (χ3n) is 1.69. The van der Waals surface area contributed by atoms with Crippen LogP contribution < -0.4 is 0 Å². The van der Waals surface area contributed by atoms with Crippen molar-refractivity contribution in [2.75, 3.05) is 12.0 Å². The minimum absolute atomic E-state index is 0.431. The maximum atomic E-state index is 4.19. The maximum absolute atomic E-state index is 4.19. The summed E-state index contributed by atoms with van der Waals surface area (Å²) in [4.78, 5) is 4.62. The van der Waals surface area contributed by atoms with Crippen LogP contribution in [0.2, 0.25) is 0 Å². The van der Waals surface area contributed by atoms with Crippen LogP contribution >= 0.6 is 43.6 Å². The molecule has 0 aromatic carbocycles. The molecule has 0 saturated carbocycles. The van der Waals surface area contributed by atoms with Crippen molar-refractivity contribution in [2.45, 2.75) is 11.2 Å². The Bertz CT molecular complexity index is 250. The van der Waals surface area contributed by atoms with Crippen molar-refractivity contribution in [3.63, 3.8) is 0 Å². The second kappa shape index (κ2) is 6.04. The Kier molecular flexibility index (Phi) is 5.36. The van der Waals surface area contributed by atoms with E-state index in [1.165, 1.54) is 11.3 Å². The van der Waals surface area contributed by atoms with Crippen LogP contribution in [0.25, 0.3) is 0 Å². The first-order chi connectivity index (χ1) is 6.24. The first-order valence-corrected chi connectivity index (χ1v) is 7.08. The molecule has 4 heteroatoms. The van der Waals surface area contributed by atoms with Gasteiger partial charge in [-0.25, -0.2) is 4.98 Å². The average Bonchev–Trinajstić information content (AvgIpc) is 2.15. The minimum atomic E-state index is 0.431. The molecule has 1 atom stereocenters. The summed E-state index contributed by atoms with van der Waals surface area (Å²) >= 11 is 8.83. The summed E-state index contributed by atoms with van der Waals surface area (Å²) in [7, 11) is 0. The van der Waals surface area contributed by atoms with Crippen molar-refractivity contribution < 1.29 is 0 Å². The lowest BCUT2D eigenvalue weighted by molar-refractivity contribution is 0.913. The fourth-order valence-corrected chi connectivity index (χ4v) is 2.47. The molecule has 0 aliphatic heterocycles. The Hall–Kier alpha value is 0.460. The molecule has 0 aliphatic rings. The molecule has 1 aromatic heterocycles. The highest BCUT2D eigenvalue weighted by Gasteiger charge is 2.06. The van der Waals surface area contributed by atoms with Gasteiger partial charge < -0.3 is 0 Å². The predicted octanol–water partition coefficient (Wildman–Crippen LogP) is 4.03. The van der Waals surface area contributed by atoms with Crippen LogP contribution in [-0.4, -0.2) is 17.0 Å². The number of pyridine rings is 1. The highest BCUT2D eigenvalue weighted by atomic mass is 79.9. The van der Waals surface area contributed by atoms with E-state index in [0.717, 1.165) is 11.0 Å². The molecule has 0 radical (unpaired) electrons. The molecule has 1 aromatic rings. The summed E-state index contributed by atoms with van der Waals surface area (Å²) < 4.78 is 0.890. The molecule has 1 heterocycles. The topological polar surface area (TPSA) is 12.9 Å². The number of halogens is 2. The molecule has 0 aliphatic carbocycles. The first kappa shape index (κ1) is 11.5. The lowest BCUT2D eigenvalue weighted by Crippen LogP contribution is -1.92. The van der Waals surface area contributed by atoms with Gasteiger partial charge in [-0.1, -0.05) is 22.0 Å². The monoisotopic (exact) mass is 323 g/mol. The van der Waals surface area contributed by atoms with E-state index in [9.17, 15) is 0 Å². The molecule has 1 nitrogen and oxygen atoms in total. The highest BCUT2D eigenvalue weighted by molar-refractivity contribution is 9.10. The second-order valence-electron chi connectivity index (χ2n) is 2.66. The Balaban J connectivity index is 2.55. The number of alkyl halides is 1. The molecule has 0 spiro atoms. The summed E-state index contributed by atoms with van der Waals surface area (Å²) in [6.07, 6.45) is 5.17. The van der Waals surface area contributed by atoms with Crippen LogP contribution in [0.3, 0.4) is 0 Å². The van der Waals surface area contributed by atoms with Crippen molar-refractivity contribution in [1.82, 2.24) is 4.98 Å². The van der Waals surface area contributed by atoms with Crippen LogP contribution in [0.15, 0.2) is 22.9 Å². The van der Waals surface area contributed by atoms with Gasteiger partial charge in [0.25, 0.3) is 0 Å². The van der Waals surface area contributed by atoms with E-state index in [1.807, 2.05) is 24.0 Å². The van der Waals surface area contributed by atoms with E-state index < -0.39 is 0 Å². The number of rotatable bonds is 4. The number of nitrogens with zero attached hydrogens (tertiary/aromatic N) is 1. The third kappa shape index (κ3) is 4.00. The van der Waals surface area contributed by atoms with Crippen LogP contribution in [0.1, 0.15) is 16.8 Å². The van der Waals surface area contributed by atoms with E-state index in [0.29, 0.717) is 4.83 Å². The van der Waals surface area contributed by atoms with Gasteiger partial charge in [-0.05, 0) is 46.0 Å². The number of hydrogen-bond acceptors (Lipinski definition) is 2. The number of aromatic nitrogens is 1. The standard InChI is InChI=1S/C9H11Br2NS/c1-13-5-4-8(10)7-2-3-9(11)12-6-7/h2-3,6,8H,4-5H2,1H3. The van der Waals surface area contributed by atoms with Crippen LogP contribution in [0.4, 0.5) is 0 Å². The van der Waals surface area contributed by atoms with Crippen LogP contribution in [-0.2, 0) is 0 Å². The van der Waals surface area contributed by atoms with Crippen molar-refractivity contribution in [1.29, 1.82) is 0 Å². The lowest BCUT2D eigenvalue weighted by Gasteiger charge is -2.08. The van der Waals surface area contributed by atoms with Gasteiger partial charge in [-0.15, -0.1) is 0 Å². The number of thioether (sulfide) groups is 1. The van der Waals surface area contributed by atoms with Gasteiger partial charge in [0.1, 0.15) is 4.60 Å². The molecule has 0 fully saturated rings. The average molecular weight is 325 g/mol. The van der Waals surface area contributed by atoms with Gasteiger partial charge in [-0.2, -0.15) is 11.8 Å². The zero-order valence-electron chi connectivity index (χ0n) is 7.34. The summed E-state index contributed by atoms with van der Waals surface area (Å²) in [5.41, 5.74) is 1.25. The molecular weight excluding hydrogens is 314 g/mol. The van der Waals surface area contributed by atoms with Gasteiger partial charge in [0.2, 0.25) is 0 Å². The molecule has 0 saturated heterocycles. The van der Waals surface area contributed by atoms with E-state index in [-0.39, 0.29) is 0 Å². The summed E-state index contributed by atoms with van der Waals surface area (Å²) in [5.74, 6) is 1.17. The first-order valence-electron chi connectivity index (χ1n) is 3.98. The Morgan fingerprint density at radius 3 is 2.85 bits per heavy atom. The van der Waals surface area contributed by atoms with Crippen molar-refractivity contribution >= 4 is 43.6 Å². The lowest BCUT2D eigenvalue weighted by atomic mass is 10.2. The van der Waals surface area contributed by atoms with Gasteiger partial charge in [-0.3, -0.25) is 0 Å². The molecule has 72 valence electrons. The van der Waals surface area contributed by atoms with Crippen molar-refractivity contribution in [2.24, 2.45) is 0 Å². The van der Waals surface area contributed by atoms with E-state index >= 15 is 0 Å². The molecule has 0 N–H and O–H groups in total. The molecule has 1 unspecified atom stereocenters. The smallest absolute Gasteiger partial charge is 0.106 e. The molecule has 0 bridgehead atoms. The van der Waals surface area contributed by atoms with E-state index in [4.69, 9.17) is 0 Å². The molecule has 1 rings (SSSR count). The van der Waals surface area contributed by atoms with E-state index in [1.54, 1.807) is 0 Å². The van der Waals surface area contributed by atoms with Crippen LogP contribution in [0.5, 0.6) is 0 Å². The van der Waals surface area contributed by atoms with Crippen molar-refractivity contribution in [3.05, 3.63) is 28.5 Å². The summed E-state index contributed by atoms with van der Waals surface area (Å²) in [6, 6.07) is 4.07. The maximum Gasteiger partial charge on any atom is 0.106 e. The fourth-order valence-electron chi connectivity index (χ4n) is 0.961. The third-order valence-corrected chi connectivity index (χ3v) is 3.79.